The van der Waals surface area contributed by atoms with Crippen molar-refractivity contribution >= 4 is 11.8 Å². The average Bonchev–Trinajstić information content (AvgIpc) is 2.84. The van der Waals surface area contributed by atoms with E-state index in [0.717, 1.165) is 0 Å². The Balaban J connectivity index is 2.19. The molecule has 0 saturated heterocycles. The minimum atomic E-state index is -4.44. The van der Waals surface area contributed by atoms with Crippen molar-refractivity contribution in [1.82, 2.24) is 4.57 Å². The van der Waals surface area contributed by atoms with Gasteiger partial charge in [-0.1, -0.05) is 12.1 Å². The SMILES string of the molecule is Cn1c(SC(F)(F)F)cc(-c2ccc(F)cc2)c1-c1ccc(F)cc1. The van der Waals surface area contributed by atoms with Crippen molar-refractivity contribution < 1.29 is 22.0 Å². The van der Waals surface area contributed by atoms with Crippen LogP contribution >= 0.6 is 11.8 Å². The van der Waals surface area contributed by atoms with Crippen LogP contribution in [0.1, 0.15) is 0 Å². The first-order valence-corrected chi connectivity index (χ1v) is 8.03. The number of benzene rings is 2. The number of hydrogen-bond donors (Lipinski definition) is 0. The summed E-state index contributed by atoms with van der Waals surface area (Å²) in [6.07, 6.45) is 0. The normalized spacial score (nSPS) is 11.8. The molecular formula is C18H12F5NS. The predicted octanol–water partition coefficient (Wildman–Crippen LogP) is 6.25. The highest BCUT2D eigenvalue weighted by Gasteiger charge is 2.32. The molecule has 3 aromatic rings. The molecule has 2 aromatic carbocycles. The maximum atomic E-state index is 13.2. The number of alkyl halides is 3. The summed E-state index contributed by atoms with van der Waals surface area (Å²) in [5.41, 5.74) is -2.28. The lowest BCUT2D eigenvalue weighted by Gasteiger charge is -2.11. The van der Waals surface area contributed by atoms with Crippen molar-refractivity contribution in [1.29, 1.82) is 0 Å². The molecule has 1 nitrogen and oxygen atoms in total. The molecule has 0 fully saturated rings. The second-order valence-electron chi connectivity index (χ2n) is 5.37. The average molecular weight is 369 g/mol. The molecule has 0 aliphatic rings. The molecule has 1 aromatic heterocycles. The molecule has 0 atom stereocenters. The zero-order valence-corrected chi connectivity index (χ0v) is 13.8. The van der Waals surface area contributed by atoms with Crippen LogP contribution in [0.25, 0.3) is 22.4 Å². The Labute approximate surface area is 145 Å². The maximum absolute atomic E-state index is 13.2. The van der Waals surface area contributed by atoms with Crippen LogP contribution in [0.5, 0.6) is 0 Å². The van der Waals surface area contributed by atoms with E-state index >= 15 is 0 Å². The topological polar surface area (TPSA) is 4.93 Å². The van der Waals surface area contributed by atoms with Crippen molar-refractivity contribution in [2.75, 3.05) is 0 Å². The Morgan fingerprint density at radius 1 is 0.800 bits per heavy atom. The first-order chi connectivity index (χ1) is 11.7. The second kappa shape index (κ2) is 6.55. The molecule has 0 radical (unpaired) electrons. The van der Waals surface area contributed by atoms with E-state index in [1.165, 1.54) is 66.2 Å². The van der Waals surface area contributed by atoms with Gasteiger partial charge in [-0.3, -0.25) is 0 Å². The molecule has 0 amide bonds. The molecule has 130 valence electrons. The third kappa shape index (κ3) is 3.87. The predicted molar refractivity (Wildman–Crippen MR) is 88.1 cm³/mol. The van der Waals surface area contributed by atoms with Crippen molar-refractivity contribution in [3.8, 4) is 22.4 Å². The molecule has 1 heterocycles. The monoisotopic (exact) mass is 369 g/mol. The van der Waals surface area contributed by atoms with Crippen LogP contribution in [0, 0.1) is 11.6 Å². The summed E-state index contributed by atoms with van der Waals surface area (Å²) in [7, 11) is 1.51. The van der Waals surface area contributed by atoms with Crippen molar-refractivity contribution in [3.05, 3.63) is 66.2 Å². The minimum Gasteiger partial charge on any atom is -0.338 e. The second-order valence-corrected chi connectivity index (χ2v) is 6.45. The molecule has 0 unspecified atom stereocenters. The van der Waals surface area contributed by atoms with Gasteiger partial charge in [-0.25, -0.2) is 8.78 Å². The van der Waals surface area contributed by atoms with Gasteiger partial charge in [-0.2, -0.15) is 13.2 Å². The highest BCUT2D eigenvalue weighted by Crippen LogP contribution is 2.43. The summed E-state index contributed by atoms with van der Waals surface area (Å²) < 4.78 is 66.3. The van der Waals surface area contributed by atoms with Crippen LogP contribution in [0.2, 0.25) is 0 Å². The van der Waals surface area contributed by atoms with E-state index in [0.29, 0.717) is 22.4 Å². The van der Waals surface area contributed by atoms with E-state index in [4.69, 9.17) is 0 Å². The summed E-state index contributed by atoms with van der Waals surface area (Å²) in [5, 5.41) is -0.00819. The number of hydrogen-bond acceptors (Lipinski definition) is 1. The Hall–Kier alpha value is -2.28. The van der Waals surface area contributed by atoms with Gasteiger partial charge in [0, 0.05) is 24.4 Å². The molecule has 25 heavy (non-hydrogen) atoms. The van der Waals surface area contributed by atoms with Crippen LogP contribution in [-0.4, -0.2) is 10.1 Å². The Morgan fingerprint density at radius 2 is 1.28 bits per heavy atom. The fourth-order valence-electron chi connectivity index (χ4n) is 2.60. The third-order valence-corrected chi connectivity index (χ3v) is 4.51. The van der Waals surface area contributed by atoms with Crippen LogP contribution in [0.15, 0.2) is 59.6 Å². The van der Waals surface area contributed by atoms with Crippen LogP contribution < -0.4 is 0 Å². The molecule has 0 saturated carbocycles. The van der Waals surface area contributed by atoms with Crippen LogP contribution in [0.4, 0.5) is 22.0 Å². The Bertz CT molecular complexity index is 880. The van der Waals surface area contributed by atoms with Gasteiger partial charge in [-0.05, 0) is 53.6 Å². The number of thioether (sulfide) groups is 1. The smallest absolute Gasteiger partial charge is 0.338 e. The van der Waals surface area contributed by atoms with Gasteiger partial charge in [0.05, 0.1) is 10.7 Å². The molecule has 0 aliphatic carbocycles. The van der Waals surface area contributed by atoms with Crippen LogP contribution in [-0.2, 0) is 7.05 Å². The largest absolute Gasteiger partial charge is 0.447 e. The van der Waals surface area contributed by atoms with Gasteiger partial charge in [0.1, 0.15) is 11.6 Å². The van der Waals surface area contributed by atoms with Gasteiger partial charge in [0.15, 0.2) is 0 Å². The van der Waals surface area contributed by atoms with E-state index in [1.807, 2.05) is 0 Å². The first-order valence-electron chi connectivity index (χ1n) is 7.22. The van der Waals surface area contributed by atoms with Crippen molar-refractivity contribution in [2.45, 2.75) is 10.5 Å². The maximum Gasteiger partial charge on any atom is 0.447 e. The molecule has 3 rings (SSSR count). The summed E-state index contributed by atoms with van der Waals surface area (Å²) in [5.74, 6) is -0.876. The number of nitrogens with zero attached hydrogens (tertiary/aromatic N) is 1. The van der Waals surface area contributed by atoms with Gasteiger partial charge >= 0.3 is 5.51 Å². The molecule has 7 heteroatoms. The third-order valence-electron chi connectivity index (χ3n) is 3.68. The summed E-state index contributed by atoms with van der Waals surface area (Å²) >= 11 is -0.227. The standard InChI is InChI=1S/C18H12F5NS/c1-24-16(25-18(21,22)23)10-15(11-2-6-13(19)7-3-11)17(24)12-4-8-14(20)9-5-12/h2-10H,1H3. The lowest BCUT2D eigenvalue weighted by Crippen LogP contribution is -2.02. The van der Waals surface area contributed by atoms with E-state index in [2.05, 4.69) is 0 Å². The van der Waals surface area contributed by atoms with Gasteiger partial charge < -0.3 is 4.57 Å². The zero-order chi connectivity index (χ0) is 18.2. The molecular weight excluding hydrogens is 357 g/mol. The summed E-state index contributed by atoms with van der Waals surface area (Å²) in [6, 6.07) is 12.4. The Morgan fingerprint density at radius 3 is 1.76 bits per heavy atom. The number of halogens is 5. The van der Waals surface area contributed by atoms with E-state index < -0.39 is 17.1 Å². The molecule has 0 spiro atoms. The highest BCUT2D eigenvalue weighted by atomic mass is 32.2. The Kier molecular flexibility index (Phi) is 4.60. The fraction of sp³-hybridized carbons (Fsp3) is 0.111. The van der Waals surface area contributed by atoms with Crippen molar-refractivity contribution in [2.24, 2.45) is 7.05 Å². The zero-order valence-electron chi connectivity index (χ0n) is 12.9. The minimum absolute atomic E-state index is 0.00819. The first kappa shape index (κ1) is 17.5. The quantitative estimate of drug-likeness (QED) is 0.390. The van der Waals surface area contributed by atoms with Gasteiger partial charge in [-0.15, -0.1) is 0 Å². The van der Waals surface area contributed by atoms with Gasteiger partial charge in [0.2, 0.25) is 0 Å². The van der Waals surface area contributed by atoms with Crippen molar-refractivity contribution in [3.63, 3.8) is 0 Å². The number of rotatable bonds is 3. The van der Waals surface area contributed by atoms with E-state index in [9.17, 15) is 22.0 Å². The number of aromatic nitrogens is 1. The molecule has 0 N–H and O–H groups in total. The van der Waals surface area contributed by atoms with Gasteiger partial charge in [0.25, 0.3) is 0 Å². The fourth-order valence-corrected chi connectivity index (χ4v) is 3.24. The van der Waals surface area contributed by atoms with Crippen LogP contribution in [0.3, 0.4) is 0 Å². The lowest BCUT2D eigenvalue weighted by molar-refractivity contribution is -0.0330. The summed E-state index contributed by atoms with van der Waals surface area (Å²) in [6.45, 7) is 0. The molecule has 0 aliphatic heterocycles. The molecule has 0 bridgehead atoms. The van der Waals surface area contributed by atoms with E-state index in [-0.39, 0.29) is 16.8 Å². The highest BCUT2D eigenvalue weighted by molar-refractivity contribution is 8.00. The van der Waals surface area contributed by atoms with E-state index in [1.54, 1.807) is 0 Å². The summed E-state index contributed by atoms with van der Waals surface area (Å²) in [4.78, 5) is 0. The lowest BCUT2D eigenvalue weighted by atomic mass is 10.0.